The molecule has 2 amide bonds. The summed E-state index contributed by atoms with van der Waals surface area (Å²) in [5.41, 5.74) is 7.76. The molecule has 1 aromatic rings. The minimum atomic E-state index is -0.565. The summed E-state index contributed by atoms with van der Waals surface area (Å²) in [5.74, 6) is 0.682. The Morgan fingerprint density at radius 2 is 2.00 bits per heavy atom. The van der Waals surface area contributed by atoms with Crippen LogP contribution < -0.4 is 21.1 Å². The van der Waals surface area contributed by atoms with Gasteiger partial charge in [-0.1, -0.05) is 44.7 Å². The second-order valence-corrected chi connectivity index (χ2v) is 9.40. The maximum Gasteiger partial charge on any atom is 0.261 e. The van der Waals surface area contributed by atoms with Gasteiger partial charge in [0.05, 0.1) is 6.54 Å². The van der Waals surface area contributed by atoms with E-state index in [4.69, 9.17) is 10.5 Å². The van der Waals surface area contributed by atoms with E-state index in [2.05, 4.69) is 22.5 Å². The summed E-state index contributed by atoms with van der Waals surface area (Å²) in [6.45, 7) is 6.55. The SMILES string of the molecule is CCCCC(Oc1cccc2c1N=C(N)N(CC(=O)NC(C)C)C2)C(=O)NC1CCCCC1. The molecule has 8 nitrogen and oxygen atoms in total. The quantitative estimate of drug-likeness (QED) is 0.499. The molecule has 0 saturated heterocycles. The van der Waals surface area contributed by atoms with Crippen LogP contribution >= 0.6 is 0 Å². The molecule has 8 heteroatoms. The van der Waals surface area contributed by atoms with Gasteiger partial charge in [-0.3, -0.25) is 9.59 Å². The number of hydrogen-bond acceptors (Lipinski definition) is 6. The third-order valence-electron chi connectivity index (χ3n) is 6.11. The first-order chi connectivity index (χ1) is 15.9. The number of carbonyl (C=O) groups is 2. The number of benzene rings is 1. The fraction of sp³-hybridized carbons (Fsp3) is 0.640. The van der Waals surface area contributed by atoms with Crippen LogP contribution in [0.15, 0.2) is 23.2 Å². The molecule has 1 fully saturated rings. The number of ether oxygens (including phenoxy) is 1. The van der Waals surface area contributed by atoms with Crippen LogP contribution in [0.25, 0.3) is 0 Å². The molecule has 0 aromatic heterocycles. The summed E-state index contributed by atoms with van der Waals surface area (Å²) in [7, 11) is 0. The zero-order valence-corrected chi connectivity index (χ0v) is 20.2. The number of rotatable bonds is 10. The third kappa shape index (κ3) is 7.11. The van der Waals surface area contributed by atoms with Gasteiger partial charge >= 0.3 is 0 Å². The van der Waals surface area contributed by atoms with Gasteiger partial charge < -0.3 is 26.0 Å². The highest BCUT2D eigenvalue weighted by Crippen LogP contribution is 2.36. The van der Waals surface area contributed by atoms with Gasteiger partial charge in [0.15, 0.2) is 12.1 Å². The number of guanidine groups is 1. The van der Waals surface area contributed by atoms with Crippen molar-refractivity contribution < 1.29 is 14.3 Å². The standard InChI is InChI=1S/C25H39N5O3/c1-4-5-13-21(24(32)28-19-11-7-6-8-12-19)33-20-14-9-10-18-15-30(25(26)29-23(18)20)16-22(31)27-17(2)3/h9-10,14,17,19,21H,4-8,11-13,15-16H2,1-3H3,(H2,26,29)(H,27,31)(H,28,32). The molecule has 1 heterocycles. The van der Waals surface area contributed by atoms with Gasteiger partial charge in [0.1, 0.15) is 11.4 Å². The molecule has 182 valence electrons. The maximum absolute atomic E-state index is 13.1. The Labute approximate surface area is 197 Å². The van der Waals surface area contributed by atoms with Gasteiger partial charge in [0, 0.05) is 24.2 Å². The molecule has 1 unspecified atom stereocenters. The lowest BCUT2D eigenvalue weighted by Gasteiger charge is -2.30. The molecule has 1 aliphatic heterocycles. The number of fused-ring (bicyclic) bond motifs is 1. The zero-order valence-electron chi connectivity index (χ0n) is 20.2. The van der Waals surface area contributed by atoms with E-state index in [0.717, 1.165) is 44.1 Å². The van der Waals surface area contributed by atoms with Crippen molar-refractivity contribution in [2.75, 3.05) is 6.54 Å². The molecule has 2 aliphatic rings. The molecule has 0 radical (unpaired) electrons. The molecule has 1 aromatic carbocycles. The van der Waals surface area contributed by atoms with E-state index >= 15 is 0 Å². The topological polar surface area (TPSA) is 109 Å². The number of unbranched alkanes of at least 4 members (excludes halogenated alkanes) is 1. The zero-order chi connectivity index (χ0) is 23.8. The Balaban J connectivity index is 1.73. The second-order valence-electron chi connectivity index (χ2n) is 9.40. The molecule has 0 bridgehead atoms. The Kier molecular flexibility index (Phi) is 8.97. The minimum Gasteiger partial charge on any atom is -0.478 e. The Morgan fingerprint density at radius 3 is 2.70 bits per heavy atom. The molecule has 3 rings (SSSR count). The van der Waals surface area contributed by atoms with Crippen LogP contribution in [0.1, 0.15) is 77.7 Å². The van der Waals surface area contributed by atoms with Crippen LogP contribution in [-0.4, -0.2) is 47.4 Å². The van der Waals surface area contributed by atoms with Crippen LogP contribution in [0.4, 0.5) is 5.69 Å². The van der Waals surface area contributed by atoms with E-state index in [0.29, 0.717) is 24.4 Å². The average Bonchev–Trinajstić information content (AvgIpc) is 2.77. The Morgan fingerprint density at radius 1 is 1.24 bits per heavy atom. The summed E-state index contributed by atoms with van der Waals surface area (Å²) in [4.78, 5) is 31.6. The van der Waals surface area contributed by atoms with E-state index in [1.54, 1.807) is 4.90 Å². The first kappa shape index (κ1) is 24.9. The number of nitrogens with zero attached hydrogens (tertiary/aromatic N) is 2. The number of nitrogens with one attached hydrogen (secondary N) is 2. The summed E-state index contributed by atoms with van der Waals surface area (Å²) >= 11 is 0. The summed E-state index contributed by atoms with van der Waals surface area (Å²) in [5, 5.41) is 6.08. The number of nitrogens with two attached hydrogens (primary N) is 1. The van der Waals surface area contributed by atoms with E-state index in [9.17, 15) is 9.59 Å². The van der Waals surface area contributed by atoms with Gasteiger partial charge in [0.25, 0.3) is 5.91 Å². The molecule has 1 aliphatic carbocycles. The summed E-state index contributed by atoms with van der Waals surface area (Å²) < 4.78 is 6.26. The van der Waals surface area contributed by atoms with E-state index in [1.165, 1.54) is 6.42 Å². The molecule has 1 atom stereocenters. The molecule has 33 heavy (non-hydrogen) atoms. The minimum absolute atomic E-state index is 0.0484. The smallest absolute Gasteiger partial charge is 0.261 e. The average molecular weight is 458 g/mol. The van der Waals surface area contributed by atoms with Crippen molar-refractivity contribution in [1.82, 2.24) is 15.5 Å². The lowest BCUT2D eigenvalue weighted by atomic mass is 9.95. The van der Waals surface area contributed by atoms with Crippen molar-refractivity contribution >= 4 is 23.5 Å². The maximum atomic E-state index is 13.1. The molecule has 1 saturated carbocycles. The molecule has 0 spiro atoms. The third-order valence-corrected chi connectivity index (χ3v) is 6.11. The van der Waals surface area contributed by atoms with Crippen molar-refractivity contribution in [1.29, 1.82) is 0 Å². The van der Waals surface area contributed by atoms with E-state index < -0.39 is 6.10 Å². The lowest BCUT2D eigenvalue weighted by molar-refractivity contribution is -0.129. The largest absolute Gasteiger partial charge is 0.478 e. The molecular weight excluding hydrogens is 418 g/mol. The highest BCUT2D eigenvalue weighted by Gasteiger charge is 2.27. The van der Waals surface area contributed by atoms with Crippen molar-refractivity contribution in [3.05, 3.63) is 23.8 Å². The normalized spacial score (nSPS) is 17.2. The number of amides is 2. The predicted octanol–water partition coefficient (Wildman–Crippen LogP) is 3.36. The summed E-state index contributed by atoms with van der Waals surface area (Å²) in [6, 6.07) is 5.99. The van der Waals surface area contributed by atoms with Crippen LogP contribution in [0, 0.1) is 0 Å². The fourth-order valence-corrected chi connectivity index (χ4v) is 4.39. The van der Waals surface area contributed by atoms with Gasteiger partial charge in [-0.05, 0) is 45.6 Å². The van der Waals surface area contributed by atoms with Crippen molar-refractivity contribution in [3.8, 4) is 5.75 Å². The Hall–Kier alpha value is -2.77. The second kappa shape index (κ2) is 11.9. The number of para-hydroxylation sites is 1. The van der Waals surface area contributed by atoms with E-state index in [1.807, 2.05) is 32.0 Å². The van der Waals surface area contributed by atoms with Crippen molar-refractivity contribution in [2.45, 2.75) is 96.9 Å². The van der Waals surface area contributed by atoms with Crippen LogP contribution in [0.2, 0.25) is 0 Å². The first-order valence-corrected chi connectivity index (χ1v) is 12.3. The number of hydrogen-bond donors (Lipinski definition) is 3. The highest BCUT2D eigenvalue weighted by atomic mass is 16.5. The van der Waals surface area contributed by atoms with Crippen molar-refractivity contribution in [2.24, 2.45) is 10.7 Å². The van der Waals surface area contributed by atoms with Crippen LogP contribution in [0.5, 0.6) is 5.75 Å². The van der Waals surface area contributed by atoms with Gasteiger partial charge in [-0.25, -0.2) is 4.99 Å². The Bertz CT molecular complexity index is 848. The monoisotopic (exact) mass is 457 g/mol. The molecular formula is C25H39N5O3. The first-order valence-electron chi connectivity index (χ1n) is 12.3. The van der Waals surface area contributed by atoms with Gasteiger partial charge in [-0.15, -0.1) is 0 Å². The van der Waals surface area contributed by atoms with Gasteiger partial charge in [0.2, 0.25) is 5.91 Å². The summed E-state index contributed by atoms with van der Waals surface area (Å²) in [6.07, 6.45) is 7.62. The van der Waals surface area contributed by atoms with Crippen LogP contribution in [0.3, 0.4) is 0 Å². The lowest BCUT2D eigenvalue weighted by Crippen LogP contribution is -2.46. The van der Waals surface area contributed by atoms with Gasteiger partial charge in [-0.2, -0.15) is 0 Å². The number of aliphatic imine (C=N–C) groups is 1. The van der Waals surface area contributed by atoms with Crippen molar-refractivity contribution in [3.63, 3.8) is 0 Å². The molecule has 4 N–H and O–H groups in total. The number of carbonyl (C=O) groups excluding carboxylic acids is 2. The van der Waals surface area contributed by atoms with E-state index in [-0.39, 0.29) is 36.4 Å². The highest BCUT2D eigenvalue weighted by molar-refractivity contribution is 5.89. The predicted molar refractivity (Wildman–Crippen MR) is 130 cm³/mol. The van der Waals surface area contributed by atoms with Crippen LogP contribution in [-0.2, 0) is 16.1 Å². The fourth-order valence-electron chi connectivity index (χ4n) is 4.39.